The normalized spacial score (nSPS) is 17.4. The van der Waals surface area contributed by atoms with E-state index in [4.69, 9.17) is 16.1 Å². The zero-order chi connectivity index (χ0) is 17.4. The van der Waals surface area contributed by atoms with Crippen molar-refractivity contribution in [3.05, 3.63) is 63.1 Å². The average Bonchev–Trinajstić information content (AvgIpc) is 3.32. The summed E-state index contributed by atoms with van der Waals surface area (Å²) in [4.78, 5) is 19.4. The minimum Gasteiger partial charge on any atom is -0.339 e. The van der Waals surface area contributed by atoms with Crippen LogP contribution < -0.4 is 4.90 Å². The second-order valence-corrected chi connectivity index (χ2v) is 7.24. The number of rotatable bonds is 4. The fourth-order valence-corrected chi connectivity index (χ4v) is 3.79. The molecule has 0 saturated carbocycles. The van der Waals surface area contributed by atoms with Crippen LogP contribution in [-0.2, 0) is 11.2 Å². The third kappa shape index (κ3) is 3.29. The van der Waals surface area contributed by atoms with E-state index in [1.165, 1.54) is 23.1 Å². The SMILES string of the molecule is O=C1CC(c2noc(Cc3cccs3)n2)CN1c1cc(F)ccc1Cl. The van der Waals surface area contributed by atoms with Crippen LogP contribution in [0.2, 0.25) is 5.02 Å². The molecule has 1 atom stereocenters. The summed E-state index contributed by atoms with van der Waals surface area (Å²) in [6.45, 7) is 0.347. The first-order valence-electron chi connectivity index (χ1n) is 7.70. The van der Waals surface area contributed by atoms with E-state index in [9.17, 15) is 9.18 Å². The van der Waals surface area contributed by atoms with Crippen molar-refractivity contribution in [3.63, 3.8) is 0 Å². The Bertz CT molecular complexity index is 913. The number of halogens is 2. The molecule has 0 N–H and O–H groups in total. The quantitative estimate of drug-likeness (QED) is 0.688. The molecule has 0 bridgehead atoms. The van der Waals surface area contributed by atoms with E-state index in [0.29, 0.717) is 35.4 Å². The monoisotopic (exact) mass is 377 g/mol. The molecule has 8 heteroatoms. The minimum absolute atomic E-state index is 0.137. The van der Waals surface area contributed by atoms with Crippen LogP contribution in [0.1, 0.15) is 28.9 Å². The smallest absolute Gasteiger partial charge is 0.231 e. The Balaban J connectivity index is 1.52. The predicted molar refractivity (Wildman–Crippen MR) is 92.5 cm³/mol. The number of carbonyl (C=O) groups is 1. The van der Waals surface area contributed by atoms with Gasteiger partial charge in [-0.1, -0.05) is 22.8 Å². The van der Waals surface area contributed by atoms with Gasteiger partial charge in [0.05, 0.1) is 17.1 Å². The van der Waals surface area contributed by atoms with Crippen LogP contribution in [0.5, 0.6) is 0 Å². The van der Waals surface area contributed by atoms with Gasteiger partial charge in [0.1, 0.15) is 5.82 Å². The maximum Gasteiger partial charge on any atom is 0.231 e. The Labute approximate surface area is 152 Å². The number of hydrogen-bond donors (Lipinski definition) is 0. The standard InChI is InChI=1S/C17H13ClFN3O2S/c18-13-4-3-11(19)7-14(13)22-9-10(6-16(22)23)17-20-15(24-21-17)8-12-2-1-5-25-12/h1-5,7,10H,6,8-9H2. The zero-order valence-corrected chi connectivity index (χ0v) is 14.6. The second-order valence-electron chi connectivity index (χ2n) is 5.80. The van der Waals surface area contributed by atoms with Crippen LogP contribution in [0, 0.1) is 5.82 Å². The average molecular weight is 378 g/mol. The lowest BCUT2D eigenvalue weighted by atomic mass is 10.1. The first kappa shape index (κ1) is 16.2. The molecule has 1 aliphatic rings. The zero-order valence-electron chi connectivity index (χ0n) is 13.0. The van der Waals surface area contributed by atoms with Crippen LogP contribution in [-0.4, -0.2) is 22.6 Å². The molecule has 3 heterocycles. The molecule has 1 unspecified atom stereocenters. The van der Waals surface area contributed by atoms with Gasteiger partial charge in [-0.2, -0.15) is 4.98 Å². The maximum absolute atomic E-state index is 13.5. The number of thiophene rings is 1. The molecule has 1 aromatic carbocycles. The Kier molecular flexibility index (Phi) is 4.27. The summed E-state index contributed by atoms with van der Waals surface area (Å²) in [5.74, 6) is 0.241. The van der Waals surface area contributed by atoms with Gasteiger partial charge in [0.15, 0.2) is 5.82 Å². The molecule has 25 heavy (non-hydrogen) atoms. The van der Waals surface area contributed by atoms with E-state index in [2.05, 4.69) is 10.1 Å². The van der Waals surface area contributed by atoms with Crippen molar-refractivity contribution < 1.29 is 13.7 Å². The molecule has 2 aromatic heterocycles. The van der Waals surface area contributed by atoms with Crippen molar-refractivity contribution in [2.45, 2.75) is 18.8 Å². The van der Waals surface area contributed by atoms with Crippen LogP contribution in [0.3, 0.4) is 0 Å². The van der Waals surface area contributed by atoms with Crippen LogP contribution >= 0.6 is 22.9 Å². The lowest BCUT2D eigenvalue weighted by Gasteiger charge is -2.17. The number of hydrogen-bond acceptors (Lipinski definition) is 5. The molecular formula is C17H13ClFN3O2S. The number of aromatic nitrogens is 2. The molecule has 0 radical (unpaired) electrons. The van der Waals surface area contributed by atoms with Crippen molar-refractivity contribution in [2.75, 3.05) is 11.4 Å². The lowest BCUT2D eigenvalue weighted by Crippen LogP contribution is -2.24. The maximum atomic E-state index is 13.5. The fraction of sp³-hybridized carbons (Fsp3) is 0.235. The summed E-state index contributed by atoms with van der Waals surface area (Å²) in [7, 11) is 0. The van der Waals surface area contributed by atoms with Gasteiger partial charge in [-0.3, -0.25) is 4.79 Å². The number of anilines is 1. The molecular weight excluding hydrogens is 365 g/mol. The van der Waals surface area contributed by atoms with Gasteiger partial charge in [0.25, 0.3) is 0 Å². The van der Waals surface area contributed by atoms with Gasteiger partial charge in [-0.05, 0) is 29.6 Å². The highest BCUT2D eigenvalue weighted by Crippen LogP contribution is 2.35. The first-order chi connectivity index (χ1) is 12.1. The summed E-state index contributed by atoms with van der Waals surface area (Å²) in [5, 5.41) is 6.34. The summed E-state index contributed by atoms with van der Waals surface area (Å²) in [6.07, 6.45) is 0.815. The lowest BCUT2D eigenvalue weighted by molar-refractivity contribution is -0.117. The van der Waals surface area contributed by atoms with Gasteiger partial charge in [-0.25, -0.2) is 4.39 Å². The van der Waals surface area contributed by atoms with Crippen molar-refractivity contribution in [3.8, 4) is 0 Å². The summed E-state index contributed by atoms with van der Waals surface area (Å²) in [5.41, 5.74) is 0.372. The third-order valence-electron chi connectivity index (χ3n) is 4.08. The molecule has 0 aliphatic carbocycles. The molecule has 128 valence electrons. The van der Waals surface area contributed by atoms with Gasteiger partial charge < -0.3 is 9.42 Å². The summed E-state index contributed by atoms with van der Waals surface area (Å²) >= 11 is 7.73. The van der Waals surface area contributed by atoms with Crippen molar-refractivity contribution >= 4 is 34.5 Å². The molecule has 4 rings (SSSR count). The molecule has 1 fully saturated rings. The minimum atomic E-state index is -0.437. The molecule has 3 aromatic rings. The number of benzene rings is 1. The Morgan fingerprint density at radius 1 is 1.40 bits per heavy atom. The predicted octanol–water partition coefficient (Wildman–Crippen LogP) is 4.03. The topological polar surface area (TPSA) is 59.2 Å². The largest absolute Gasteiger partial charge is 0.339 e. The van der Waals surface area contributed by atoms with E-state index < -0.39 is 5.82 Å². The number of carbonyl (C=O) groups excluding carboxylic acids is 1. The van der Waals surface area contributed by atoms with Gasteiger partial charge in [0, 0.05) is 23.8 Å². The molecule has 1 amide bonds. The number of amides is 1. The van der Waals surface area contributed by atoms with Crippen molar-refractivity contribution in [1.29, 1.82) is 0 Å². The highest BCUT2D eigenvalue weighted by Gasteiger charge is 2.35. The highest BCUT2D eigenvalue weighted by atomic mass is 35.5. The molecule has 1 saturated heterocycles. The van der Waals surface area contributed by atoms with E-state index in [0.717, 1.165) is 4.88 Å². The Morgan fingerprint density at radius 3 is 3.08 bits per heavy atom. The second kappa shape index (κ2) is 6.57. The Morgan fingerprint density at radius 2 is 2.28 bits per heavy atom. The molecule has 5 nitrogen and oxygen atoms in total. The Hall–Kier alpha value is -2.25. The summed E-state index contributed by atoms with van der Waals surface area (Å²) in [6, 6.07) is 7.94. The van der Waals surface area contributed by atoms with E-state index in [1.807, 2.05) is 17.5 Å². The van der Waals surface area contributed by atoms with Gasteiger partial charge >= 0.3 is 0 Å². The fourth-order valence-electron chi connectivity index (χ4n) is 2.87. The van der Waals surface area contributed by atoms with E-state index >= 15 is 0 Å². The van der Waals surface area contributed by atoms with Gasteiger partial charge in [-0.15, -0.1) is 11.3 Å². The molecule has 0 spiro atoms. The first-order valence-corrected chi connectivity index (χ1v) is 8.96. The third-order valence-corrected chi connectivity index (χ3v) is 5.27. The van der Waals surface area contributed by atoms with Crippen molar-refractivity contribution in [1.82, 2.24) is 10.1 Å². The highest BCUT2D eigenvalue weighted by molar-refractivity contribution is 7.09. The molecule has 1 aliphatic heterocycles. The van der Waals surface area contributed by atoms with Crippen LogP contribution in [0.4, 0.5) is 10.1 Å². The number of nitrogens with zero attached hydrogens (tertiary/aromatic N) is 3. The summed E-state index contributed by atoms with van der Waals surface area (Å²) < 4.78 is 18.8. The van der Waals surface area contributed by atoms with Gasteiger partial charge in [0.2, 0.25) is 11.8 Å². The van der Waals surface area contributed by atoms with Crippen LogP contribution in [0.25, 0.3) is 0 Å². The van der Waals surface area contributed by atoms with E-state index in [-0.39, 0.29) is 18.2 Å². The van der Waals surface area contributed by atoms with Crippen LogP contribution in [0.15, 0.2) is 40.2 Å². The van der Waals surface area contributed by atoms with Crippen molar-refractivity contribution in [2.24, 2.45) is 0 Å². The van der Waals surface area contributed by atoms with E-state index in [1.54, 1.807) is 11.3 Å².